The summed E-state index contributed by atoms with van der Waals surface area (Å²) in [5, 5.41) is 12.5. The number of nitrogens with one attached hydrogen (secondary N) is 1. The summed E-state index contributed by atoms with van der Waals surface area (Å²) in [5.74, 6) is -1.12. The van der Waals surface area contributed by atoms with Crippen LogP contribution < -0.4 is 4.90 Å². The number of carbonyl (C=O) groups excluding carboxylic acids is 1. The van der Waals surface area contributed by atoms with Gasteiger partial charge in [0.05, 0.1) is 5.69 Å². The summed E-state index contributed by atoms with van der Waals surface area (Å²) in [6.45, 7) is 0. The van der Waals surface area contributed by atoms with Crippen molar-refractivity contribution in [2.45, 2.75) is 0 Å². The molecule has 2 rings (SSSR count). The molecule has 0 bridgehead atoms. The summed E-state index contributed by atoms with van der Waals surface area (Å²) in [4.78, 5) is 12.9. The Morgan fingerprint density at radius 1 is 1.44 bits per heavy atom. The highest BCUT2D eigenvalue weighted by atomic mass is 19.1. The van der Waals surface area contributed by atoms with Gasteiger partial charge in [-0.1, -0.05) is 12.1 Å². The largest absolute Gasteiger partial charge is 0.306 e. The van der Waals surface area contributed by atoms with Gasteiger partial charge < -0.3 is 4.90 Å². The van der Waals surface area contributed by atoms with Crippen LogP contribution in [-0.2, 0) is 0 Å². The number of halogens is 1. The highest BCUT2D eigenvalue weighted by Crippen LogP contribution is 2.17. The molecular weight excluding hydrogens is 213 g/mol. The lowest BCUT2D eigenvalue weighted by atomic mass is 10.3. The lowest BCUT2D eigenvalue weighted by Crippen LogP contribution is -2.28. The van der Waals surface area contributed by atoms with Gasteiger partial charge in [-0.3, -0.25) is 4.79 Å². The Hall–Kier alpha value is -2.31. The maximum atomic E-state index is 13.4. The summed E-state index contributed by atoms with van der Waals surface area (Å²) < 4.78 is 13.4. The van der Waals surface area contributed by atoms with Crippen LogP contribution in [-0.4, -0.2) is 33.6 Å². The van der Waals surface area contributed by atoms with E-state index >= 15 is 0 Å². The SMILES string of the molecule is CN(C(=O)c1nn[nH]n1)c1ccccc1F. The van der Waals surface area contributed by atoms with Crippen LogP contribution >= 0.6 is 0 Å². The van der Waals surface area contributed by atoms with E-state index < -0.39 is 11.7 Å². The van der Waals surface area contributed by atoms with E-state index in [0.29, 0.717) is 0 Å². The number of tetrazole rings is 1. The minimum Gasteiger partial charge on any atom is -0.306 e. The van der Waals surface area contributed by atoms with Crippen LogP contribution in [0.3, 0.4) is 0 Å². The first-order valence-electron chi connectivity index (χ1n) is 4.46. The lowest BCUT2D eigenvalue weighted by molar-refractivity contribution is 0.0982. The Morgan fingerprint density at radius 3 is 2.81 bits per heavy atom. The van der Waals surface area contributed by atoms with Crippen molar-refractivity contribution in [3.05, 3.63) is 35.9 Å². The second-order valence-electron chi connectivity index (χ2n) is 3.05. The predicted molar refractivity (Wildman–Crippen MR) is 53.3 cm³/mol. The molecule has 0 unspecified atom stereocenters. The number of hydrogen-bond donors (Lipinski definition) is 1. The third-order valence-corrected chi connectivity index (χ3v) is 2.06. The Balaban J connectivity index is 2.30. The number of H-pyrrole nitrogens is 1. The molecule has 0 fully saturated rings. The monoisotopic (exact) mass is 221 g/mol. The maximum Gasteiger partial charge on any atom is 0.299 e. The van der Waals surface area contributed by atoms with Gasteiger partial charge in [-0.2, -0.15) is 5.21 Å². The maximum absolute atomic E-state index is 13.4. The van der Waals surface area contributed by atoms with Crippen LogP contribution in [0.2, 0.25) is 0 Å². The zero-order chi connectivity index (χ0) is 11.5. The van der Waals surface area contributed by atoms with Gasteiger partial charge in [0.25, 0.3) is 11.7 Å². The van der Waals surface area contributed by atoms with Crippen LogP contribution in [0.1, 0.15) is 10.6 Å². The molecule has 1 N–H and O–H groups in total. The number of nitrogens with zero attached hydrogens (tertiary/aromatic N) is 4. The van der Waals surface area contributed by atoms with E-state index in [9.17, 15) is 9.18 Å². The van der Waals surface area contributed by atoms with Gasteiger partial charge in [0.2, 0.25) is 0 Å². The van der Waals surface area contributed by atoms with E-state index in [1.54, 1.807) is 12.1 Å². The van der Waals surface area contributed by atoms with Crippen molar-refractivity contribution >= 4 is 11.6 Å². The second-order valence-corrected chi connectivity index (χ2v) is 3.05. The van der Waals surface area contributed by atoms with Crippen molar-refractivity contribution in [3.8, 4) is 0 Å². The molecule has 0 saturated carbocycles. The average molecular weight is 221 g/mol. The number of carbonyl (C=O) groups is 1. The second kappa shape index (κ2) is 4.05. The number of amides is 1. The first-order chi connectivity index (χ1) is 7.70. The van der Waals surface area contributed by atoms with Crippen molar-refractivity contribution in [2.24, 2.45) is 0 Å². The number of aromatic amines is 1. The van der Waals surface area contributed by atoms with Crippen molar-refractivity contribution in [1.29, 1.82) is 0 Å². The van der Waals surface area contributed by atoms with Gasteiger partial charge in [0.1, 0.15) is 5.82 Å². The van der Waals surface area contributed by atoms with Crippen LogP contribution in [0.15, 0.2) is 24.3 Å². The molecule has 16 heavy (non-hydrogen) atoms. The van der Waals surface area contributed by atoms with Crippen molar-refractivity contribution in [1.82, 2.24) is 20.6 Å². The van der Waals surface area contributed by atoms with Crippen LogP contribution in [0.4, 0.5) is 10.1 Å². The standard InChI is InChI=1S/C9H8FN5O/c1-15(7-5-3-2-4-6(7)10)9(16)8-11-13-14-12-8/h2-5H,1H3,(H,11,12,13,14). The molecule has 1 heterocycles. The quantitative estimate of drug-likeness (QED) is 0.806. The van der Waals surface area contributed by atoms with Gasteiger partial charge in [-0.25, -0.2) is 4.39 Å². The fourth-order valence-electron chi connectivity index (χ4n) is 1.24. The third kappa shape index (κ3) is 1.74. The number of para-hydroxylation sites is 1. The fraction of sp³-hybridized carbons (Fsp3) is 0.111. The van der Waals surface area contributed by atoms with Crippen molar-refractivity contribution in [3.63, 3.8) is 0 Å². The van der Waals surface area contributed by atoms with Crippen LogP contribution in [0.25, 0.3) is 0 Å². The van der Waals surface area contributed by atoms with E-state index in [4.69, 9.17) is 0 Å². The Labute approximate surface area is 90.1 Å². The van der Waals surface area contributed by atoms with Crippen molar-refractivity contribution < 1.29 is 9.18 Å². The first kappa shape index (κ1) is 10.2. The summed E-state index contributed by atoms with van der Waals surface area (Å²) in [6, 6.07) is 5.95. The van der Waals surface area contributed by atoms with Gasteiger partial charge >= 0.3 is 0 Å². The highest BCUT2D eigenvalue weighted by Gasteiger charge is 2.19. The number of anilines is 1. The predicted octanol–water partition coefficient (Wildman–Crippen LogP) is 0.615. The molecule has 7 heteroatoms. The lowest BCUT2D eigenvalue weighted by Gasteiger charge is -2.15. The highest BCUT2D eigenvalue weighted by molar-refractivity contribution is 6.02. The third-order valence-electron chi connectivity index (χ3n) is 2.06. The number of hydrogen-bond acceptors (Lipinski definition) is 4. The average Bonchev–Trinajstić information content (AvgIpc) is 2.81. The summed E-state index contributed by atoms with van der Waals surface area (Å²) in [7, 11) is 1.44. The molecular formula is C9H8FN5O. The molecule has 1 aromatic carbocycles. The minimum absolute atomic E-state index is 0.106. The molecule has 0 aliphatic heterocycles. The molecule has 0 aliphatic carbocycles. The zero-order valence-electron chi connectivity index (χ0n) is 8.38. The summed E-state index contributed by atoms with van der Waals surface area (Å²) >= 11 is 0. The van der Waals surface area contributed by atoms with Crippen molar-refractivity contribution in [2.75, 3.05) is 11.9 Å². The van der Waals surface area contributed by atoms with Crippen LogP contribution in [0, 0.1) is 5.82 Å². The Morgan fingerprint density at radius 2 is 2.19 bits per heavy atom. The number of aromatic nitrogens is 4. The molecule has 0 aliphatic rings. The molecule has 1 aromatic heterocycles. The molecule has 82 valence electrons. The molecule has 2 aromatic rings. The number of rotatable bonds is 2. The van der Waals surface area contributed by atoms with Gasteiger partial charge in [-0.05, 0) is 17.3 Å². The van der Waals surface area contributed by atoms with Crippen LogP contribution in [0.5, 0.6) is 0 Å². The van der Waals surface area contributed by atoms with E-state index in [1.165, 1.54) is 19.2 Å². The van der Waals surface area contributed by atoms with Gasteiger partial charge in [0, 0.05) is 7.05 Å². The van der Waals surface area contributed by atoms with E-state index in [-0.39, 0.29) is 11.5 Å². The molecule has 1 amide bonds. The molecule has 0 atom stereocenters. The van der Waals surface area contributed by atoms with E-state index in [0.717, 1.165) is 4.90 Å². The Bertz CT molecular complexity index is 498. The molecule has 6 nitrogen and oxygen atoms in total. The summed E-state index contributed by atoms with van der Waals surface area (Å²) in [5.41, 5.74) is 0.164. The number of benzene rings is 1. The van der Waals surface area contributed by atoms with Gasteiger partial charge in [0.15, 0.2) is 0 Å². The summed E-state index contributed by atoms with van der Waals surface area (Å²) in [6.07, 6.45) is 0. The van der Waals surface area contributed by atoms with E-state index in [2.05, 4.69) is 20.6 Å². The zero-order valence-corrected chi connectivity index (χ0v) is 8.38. The normalized spacial score (nSPS) is 10.1. The molecule has 0 radical (unpaired) electrons. The topological polar surface area (TPSA) is 74.8 Å². The first-order valence-corrected chi connectivity index (χ1v) is 4.46. The fourth-order valence-corrected chi connectivity index (χ4v) is 1.24. The smallest absolute Gasteiger partial charge is 0.299 e. The Kier molecular flexibility index (Phi) is 2.59. The molecule has 0 saturated heterocycles. The molecule has 0 spiro atoms. The minimum atomic E-state index is -0.529. The van der Waals surface area contributed by atoms with Gasteiger partial charge in [-0.15, -0.1) is 10.2 Å². The van der Waals surface area contributed by atoms with E-state index in [1.807, 2.05) is 0 Å².